The van der Waals surface area contributed by atoms with Gasteiger partial charge in [0.1, 0.15) is 10.5 Å². The molecule has 0 aliphatic rings. The van der Waals surface area contributed by atoms with E-state index in [2.05, 4.69) is 14.7 Å². The van der Waals surface area contributed by atoms with Crippen molar-refractivity contribution >= 4 is 21.1 Å². The molecule has 2 aromatic rings. The predicted octanol–water partition coefficient (Wildman–Crippen LogP) is 1.25. The van der Waals surface area contributed by atoms with E-state index < -0.39 is 10.0 Å². The highest BCUT2D eigenvalue weighted by molar-refractivity contribution is 7.89. The maximum Gasteiger partial charge on any atom is 0.242 e. The van der Waals surface area contributed by atoms with Gasteiger partial charge < -0.3 is 10.1 Å². The molecule has 6 nitrogen and oxygen atoms in total. The fraction of sp³-hybridized carbons (Fsp3) is 0.462. The van der Waals surface area contributed by atoms with Gasteiger partial charge in [-0.25, -0.2) is 18.1 Å². The van der Waals surface area contributed by atoms with E-state index in [1.54, 1.807) is 18.3 Å². The lowest BCUT2D eigenvalue weighted by Gasteiger charge is -2.08. The first-order valence-corrected chi connectivity index (χ1v) is 8.05. The number of rotatable bonds is 7. The van der Waals surface area contributed by atoms with Gasteiger partial charge in [0.2, 0.25) is 10.0 Å². The summed E-state index contributed by atoms with van der Waals surface area (Å²) in [5.74, 6) is 0.191. The van der Waals surface area contributed by atoms with Crippen molar-refractivity contribution in [3.63, 3.8) is 0 Å². The van der Waals surface area contributed by atoms with Gasteiger partial charge in [0, 0.05) is 30.9 Å². The van der Waals surface area contributed by atoms with Gasteiger partial charge in [0.05, 0.1) is 0 Å². The fourth-order valence-corrected chi connectivity index (χ4v) is 3.22. The average molecular weight is 297 g/mol. The molecule has 0 saturated carbocycles. The van der Waals surface area contributed by atoms with Crippen molar-refractivity contribution in [1.29, 1.82) is 0 Å². The Hall–Kier alpha value is -1.44. The molecule has 0 saturated heterocycles. The number of hydrogen-bond acceptors (Lipinski definition) is 4. The first kappa shape index (κ1) is 15.0. The van der Waals surface area contributed by atoms with Crippen LogP contribution in [-0.2, 0) is 10.0 Å². The molecular formula is C13H19N3O3S. The van der Waals surface area contributed by atoms with Crippen LogP contribution in [-0.4, -0.2) is 36.6 Å². The molecule has 1 atom stereocenters. The molecule has 20 heavy (non-hydrogen) atoms. The van der Waals surface area contributed by atoms with Gasteiger partial charge in [-0.15, -0.1) is 0 Å². The van der Waals surface area contributed by atoms with Gasteiger partial charge in [-0.2, -0.15) is 0 Å². The van der Waals surface area contributed by atoms with Crippen molar-refractivity contribution < 1.29 is 13.5 Å². The van der Waals surface area contributed by atoms with Gasteiger partial charge in [-0.3, -0.25) is 0 Å². The third-order valence-electron chi connectivity index (χ3n) is 3.18. The smallest absolute Gasteiger partial charge is 0.242 e. The van der Waals surface area contributed by atoms with Crippen molar-refractivity contribution in [1.82, 2.24) is 14.7 Å². The van der Waals surface area contributed by atoms with E-state index in [4.69, 9.17) is 5.11 Å². The monoisotopic (exact) mass is 297 g/mol. The number of nitrogens with zero attached hydrogens (tertiary/aromatic N) is 1. The summed E-state index contributed by atoms with van der Waals surface area (Å²) in [7, 11) is -3.53. The number of fused-ring (bicyclic) bond motifs is 1. The molecule has 2 heterocycles. The lowest BCUT2D eigenvalue weighted by Crippen LogP contribution is -2.25. The minimum Gasteiger partial charge on any atom is -0.396 e. The summed E-state index contributed by atoms with van der Waals surface area (Å²) >= 11 is 0. The van der Waals surface area contributed by atoms with Crippen LogP contribution < -0.4 is 4.72 Å². The van der Waals surface area contributed by atoms with E-state index in [-0.39, 0.29) is 17.4 Å². The summed E-state index contributed by atoms with van der Waals surface area (Å²) in [4.78, 5) is 7.14. The van der Waals surface area contributed by atoms with Crippen molar-refractivity contribution in [2.75, 3.05) is 13.2 Å². The van der Waals surface area contributed by atoms with Gasteiger partial charge in [-0.1, -0.05) is 6.92 Å². The van der Waals surface area contributed by atoms with E-state index in [1.165, 1.54) is 6.20 Å². The Balaban J connectivity index is 2.03. The molecule has 0 aromatic carbocycles. The van der Waals surface area contributed by atoms with Crippen LogP contribution in [0.25, 0.3) is 11.0 Å². The number of aromatic nitrogens is 2. The van der Waals surface area contributed by atoms with Crippen LogP contribution in [0, 0.1) is 5.92 Å². The van der Waals surface area contributed by atoms with Crippen molar-refractivity contribution in [2.45, 2.75) is 24.7 Å². The van der Waals surface area contributed by atoms with Crippen LogP contribution in [0.4, 0.5) is 0 Å². The van der Waals surface area contributed by atoms with Crippen LogP contribution in [0.3, 0.4) is 0 Å². The Morgan fingerprint density at radius 3 is 3.05 bits per heavy atom. The van der Waals surface area contributed by atoms with E-state index in [0.29, 0.717) is 24.0 Å². The molecule has 0 spiro atoms. The summed E-state index contributed by atoms with van der Waals surface area (Å²) < 4.78 is 27.0. The molecule has 2 rings (SSSR count). The molecule has 0 bridgehead atoms. The number of aliphatic hydroxyl groups is 1. The molecule has 0 aliphatic carbocycles. The van der Waals surface area contributed by atoms with Crippen LogP contribution in [0.15, 0.2) is 29.4 Å². The molecule has 110 valence electrons. The fourth-order valence-electron chi connectivity index (χ4n) is 1.98. The van der Waals surface area contributed by atoms with E-state index in [1.807, 2.05) is 6.92 Å². The lowest BCUT2D eigenvalue weighted by molar-refractivity contribution is 0.228. The van der Waals surface area contributed by atoms with Crippen molar-refractivity contribution in [2.24, 2.45) is 5.92 Å². The molecule has 0 fully saturated rings. The number of pyridine rings is 1. The van der Waals surface area contributed by atoms with Gasteiger partial charge in [0.15, 0.2) is 0 Å². The predicted molar refractivity (Wildman–Crippen MR) is 76.8 cm³/mol. The molecule has 0 aliphatic heterocycles. The van der Waals surface area contributed by atoms with Crippen LogP contribution in [0.5, 0.6) is 0 Å². The normalized spacial score (nSPS) is 13.7. The zero-order valence-electron chi connectivity index (χ0n) is 11.3. The lowest BCUT2D eigenvalue weighted by atomic mass is 10.1. The van der Waals surface area contributed by atoms with Crippen LogP contribution in [0.1, 0.15) is 19.8 Å². The Morgan fingerprint density at radius 1 is 1.50 bits per heavy atom. The van der Waals surface area contributed by atoms with Gasteiger partial charge in [-0.05, 0) is 30.9 Å². The zero-order valence-corrected chi connectivity index (χ0v) is 12.2. The van der Waals surface area contributed by atoms with Crippen LogP contribution >= 0.6 is 0 Å². The highest BCUT2D eigenvalue weighted by Crippen LogP contribution is 2.20. The molecule has 0 amide bonds. The Morgan fingerprint density at radius 2 is 2.30 bits per heavy atom. The number of H-pyrrole nitrogens is 1. The quantitative estimate of drug-likeness (QED) is 0.670. The van der Waals surface area contributed by atoms with E-state index in [9.17, 15) is 8.42 Å². The molecule has 0 radical (unpaired) electrons. The Labute approximate surface area is 118 Å². The average Bonchev–Trinajstić information content (AvgIpc) is 2.88. The minimum absolute atomic E-state index is 0.126. The first-order chi connectivity index (χ1) is 9.54. The SMILES string of the molecule is CC(CO)CCCNS(=O)(=O)c1c[nH]c2ncccc12. The van der Waals surface area contributed by atoms with Crippen LogP contribution in [0.2, 0.25) is 0 Å². The van der Waals surface area contributed by atoms with E-state index >= 15 is 0 Å². The number of nitrogens with one attached hydrogen (secondary N) is 2. The number of aromatic amines is 1. The molecular weight excluding hydrogens is 278 g/mol. The largest absolute Gasteiger partial charge is 0.396 e. The Bertz CT molecular complexity index is 666. The first-order valence-electron chi connectivity index (χ1n) is 6.57. The highest BCUT2D eigenvalue weighted by atomic mass is 32.2. The number of sulfonamides is 1. The van der Waals surface area contributed by atoms with Crippen molar-refractivity contribution in [3.8, 4) is 0 Å². The standard InChI is InChI=1S/C13H19N3O3S/c1-10(9-17)4-2-7-16-20(18,19)12-8-15-13-11(12)5-3-6-14-13/h3,5-6,8,10,16-17H,2,4,7,9H2,1H3,(H,14,15). The summed E-state index contributed by atoms with van der Waals surface area (Å²) in [6, 6.07) is 3.43. The summed E-state index contributed by atoms with van der Waals surface area (Å²) in [6.45, 7) is 2.42. The zero-order chi connectivity index (χ0) is 14.6. The number of aliphatic hydroxyl groups excluding tert-OH is 1. The second-order valence-corrected chi connectivity index (χ2v) is 6.62. The number of hydrogen-bond donors (Lipinski definition) is 3. The summed E-state index contributed by atoms with van der Waals surface area (Å²) in [5, 5.41) is 9.50. The maximum absolute atomic E-state index is 12.2. The molecule has 2 aromatic heterocycles. The summed E-state index contributed by atoms with van der Waals surface area (Å²) in [6.07, 6.45) is 4.55. The van der Waals surface area contributed by atoms with Gasteiger partial charge in [0.25, 0.3) is 0 Å². The Kier molecular flexibility index (Phi) is 4.74. The topological polar surface area (TPSA) is 95.1 Å². The maximum atomic E-state index is 12.2. The third-order valence-corrected chi connectivity index (χ3v) is 4.68. The second-order valence-electron chi connectivity index (χ2n) is 4.88. The molecule has 3 N–H and O–H groups in total. The highest BCUT2D eigenvalue weighted by Gasteiger charge is 2.18. The second kappa shape index (κ2) is 6.34. The molecule has 7 heteroatoms. The van der Waals surface area contributed by atoms with Gasteiger partial charge >= 0.3 is 0 Å². The molecule has 1 unspecified atom stereocenters. The third kappa shape index (κ3) is 3.36. The minimum atomic E-state index is -3.53. The van der Waals surface area contributed by atoms with Crippen molar-refractivity contribution in [3.05, 3.63) is 24.5 Å². The van der Waals surface area contributed by atoms with E-state index in [0.717, 1.165) is 6.42 Å². The summed E-state index contributed by atoms with van der Waals surface area (Å²) in [5.41, 5.74) is 0.557.